The van der Waals surface area contributed by atoms with Gasteiger partial charge in [0.05, 0.1) is 11.4 Å². The molecule has 1 aromatic carbocycles. The number of nitrogens with zero attached hydrogens (tertiary/aromatic N) is 1. The Kier molecular flexibility index (Phi) is 2.86. The molecule has 0 saturated heterocycles. The van der Waals surface area contributed by atoms with Crippen LogP contribution in [-0.4, -0.2) is 4.98 Å². The minimum absolute atomic E-state index is 0.783. The summed E-state index contributed by atoms with van der Waals surface area (Å²) in [6.45, 7) is 0.796. The first-order valence-electron chi connectivity index (χ1n) is 5.72. The summed E-state index contributed by atoms with van der Waals surface area (Å²) in [6.07, 6.45) is 3.59. The largest absolute Gasteiger partial charge is 0.397 e. The molecule has 0 aliphatic rings. The number of nitrogen functional groups attached to an aromatic ring is 1. The maximum Gasteiger partial charge on any atom is 0.0630 e. The molecule has 3 aromatic rings. The molecule has 2 heterocycles. The Hall–Kier alpha value is -2.07. The third-order valence-electron chi connectivity index (χ3n) is 2.92. The first-order chi connectivity index (χ1) is 8.84. The zero-order chi connectivity index (χ0) is 12.4. The lowest BCUT2D eigenvalue weighted by Gasteiger charge is -2.10. The van der Waals surface area contributed by atoms with E-state index in [4.69, 9.17) is 5.73 Å². The number of nitrogens with one attached hydrogen (secondary N) is 1. The summed E-state index contributed by atoms with van der Waals surface area (Å²) in [6, 6.07) is 8.10. The van der Waals surface area contributed by atoms with Gasteiger partial charge < -0.3 is 11.1 Å². The van der Waals surface area contributed by atoms with E-state index < -0.39 is 0 Å². The summed E-state index contributed by atoms with van der Waals surface area (Å²) in [7, 11) is 0. The number of nitrogens with two attached hydrogens (primary N) is 1. The van der Waals surface area contributed by atoms with Gasteiger partial charge in [0.1, 0.15) is 0 Å². The van der Waals surface area contributed by atoms with Crippen molar-refractivity contribution in [3.05, 3.63) is 53.0 Å². The van der Waals surface area contributed by atoms with E-state index in [0.29, 0.717) is 0 Å². The van der Waals surface area contributed by atoms with Crippen molar-refractivity contribution in [2.75, 3.05) is 11.1 Å². The minimum Gasteiger partial charge on any atom is -0.397 e. The van der Waals surface area contributed by atoms with Crippen molar-refractivity contribution in [1.29, 1.82) is 0 Å². The van der Waals surface area contributed by atoms with Gasteiger partial charge in [0, 0.05) is 29.7 Å². The van der Waals surface area contributed by atoms with Crippen molar-refractivity contribution in [2.45, 2.75) is 6.54 Å². The second-order valence-corrected chi connectivity index (χ2v) is 4.89. The van der Waals surface area contributed by atoms with Gasteiger partial charge in [-0.3, -0.25) is 4.98 Å². The van der Waals surface area contributed by atoms with Crippen LogP contribution >= 0.6 is 11.3 Å². The summed E-state index contributed by atoms with van der Waals surface area (Å²) in [5.41, 5.74) is 9.20. The molecule has 3 nitrogen and oxygen atoms in total. The summed E-state index contributed by atoms with van der Waals surface area (Å²) < 4.78 is 0. The highest BCUT2D eigenvalue weighted by molar-refractivity contribution is 7.07. The molecule has 0 amide bonds. The number of pyridine rings is 1. The maximum absolute atomic E-state index is 6.17. The highest BCUT2D eigenvalue weighted by atomic mass is 32.1. The van der Waals surface area contributed by atoms with Crippen LogP contribution in [0.3, 0.4) is 0 Å². The zero-order valence-electron chi connectivity index (χ0n) is 9.76. The second kappa shape index (κ2) is 4.66. The molecule has 3 rings (SSSR count). The average molecular weight is 255 g/mol. The Morgan fingerprint density at radius 1 is 1.22 bits per heavy atom. The first-order valence-corrected chi connectivity index (χ1v) is 6.66. The van der Waals surface area contributed by atoms with Gasteiger partial charge in [0.2, 0.25) is 0 Å². The van der Waals surface area contributed by atoms with Crippen molar-refractivity contribution in [2.24, 2.45) is 0 Å². The van der Waals surface area contributed by atoms with Crippen molar-refractivity contribution in [3.8, 4) is 0 Å². The predicted octanol–water partition coefficient (Wildman–Crippen LogP) is 3.49. The number of thiophene rings is 1. The molecule has 0 radical (unpaired) electrons. The standard InChI is InChI=1S/C14H13N3S/c15-14-12-3-5-16-8-11(12)1-2-13(14)17-7-10-4-6-18-9-10/h1-6,8-9,17H,7,15H2. The van der Waals surface area contributed by atoms with Crippen LogP contribution in [0.1, 0.15) is 5.56 Å². The average Bonchev–Trinajstić information content (AvgIpc) is 2.91. The molecule has 2 aromatic heterocycles. The topological polar surface area (TPSA) is 50.9 Å². The normalized spacial score (nSPS) is 10.7. The number of rotatable bonds is 3. The highest BCUT2D eigenvalue weighted by Crippen LogP contribution is 2.28. The number of hydrogen-bond acceptors (Lipinski definition) is 4. The van der Waals surface area contributed by atoms with Gasteiger partial charge in [-0.15, -0.1) is 0 Å². The third-order valence-corrected chi connectivity index (χ3v) is 3.66. The van der Waals surface area contributed by atoms with Crippen LogP contribution in [0.4, 0.5) is 11.4 Å². The number of benzene rings is 1. The molecule has 18 heavy (non-hydrogen) atoms. The molecule has 0 fully saturated rings. The van der Waals surface area contributed by atoms with E-state index in [1.54, 1.807) is 17.5 Å². The van der Waals surface area contributed by atoms with Crippen LogP contribution in [0.25, 0.3) is 10.8 Å². The van der Waals surface area contributed by atoms with Crippen molar-refractivity contribution < 1.29 is 0 Å². The van der Waals surface area contributed by atoms with Gasteiger partial charge in [-0.05, 0) is 34.5 Å². The first kappa shape index (κ1) is 11.0. The monoisotopic (exact) mass is 255 g/mol. The van der Waals surface area contributed by atoms with Gasteiger partial charge in [0.25, 0.3) is 0 Å². The number of aromatic nitrogens is 1. The molecule has 0 atom stereocenters. The Labute approximate surface area is 109 Å². The van der Waals surface area contributed by atoms with Crippen LogP contribution in [0.2, 0.25) is 0 Å². The van der Waals surface area contributed by atoms with E-state index in [0.717, 1.165) is 28.7 Å². The summed E-state index contributed by atoms with van der Waals surface area (Å²) >= 11 is 1.70. The van der Waals surface area contributed by atoms with E-state index in [1.807, 2.05) is 24.4 Å². The van der Waals surface area contributed by atoms with Gasteiger partial charge in [-0.1, -0.05) is 6.07 Å². The lowest BCUT2D eigenvalue weighted by molar-refractivity contribution is 1.17. The zero-order valence-corrected chi connectivity index (χ0v) is 10.6. The molecule has 0 spiro atoms. The molecular formula is C14H13N3S. The van der Waals surface area contributed by atoms with Crippen LogP contribution in [0, 0.1) is 0 Å². The third kappa shape index (κ3) is 2.02. The van der Waals surface area contributed by atoms with E-state index in [-0.39, 0.29) is 0 Å². The lowest BCUT2D eigenvalue weighted by Crippen LogP contribution is -2.02. The van der Waals surface area contributed by atoms with Gasteiger partial charge in [-0.25, -0.2) is 0 Å². The van der Waals surface area contributed by atoms with Gasteiger partial charge >= 0.3 is 0 Å². The fourth-order valence-corrected chi connectivity index (χ4v) is 2.61. The van der Waals surface area contributed by atoms with Crippen LogP contribution < -0.4 is 11.1 Å². The van der Waals surface area contributed by atoms with Crippen molar-refractivity contribution in [1.82, 2.24) is 4.98 Å². The quantitative estimate of drug-likeness (QED) is 0.704. The SMILES string of the molecule is Nc1c(NCc2ccsc2)ccc2cnccc12. The highest BCUT2D eigenvalue weighted by Gasteiger charge is 2.04. The Morgan fingerprint density at radius 3 is 3.00 bits per heavy atom. The lowest BCUT2D eigenvalue weighted by atomic mass is 10.1. The summed E-state index contributed by atoms with van der Waals surface area (Å²) in [4.78, 5) is 4.10. The van der Waals surface area contributed by atoms with E-state index in [9.17, 15) is 0 Å². The maximum atomic E-state index is 6.17. The molecule has 0 bridgehead atoms. The molecule has 90 valence electrons. The fraction of sp³-hybridized carbons (Fsp3) is 0.0714. The number of anilines is 2. The fourth-order valence-electron chi connectivity index (χ4n) is 1.94. The Bertz CT molecular complexity index is 662. The molecule has 0 aliphatic heterocycles. The van der Waals surface area contributed by atoms with E-state index in [1.165, 1.54) is 5.56 Å². The Balaban J connectivity index is 1.90. The van der Waals surface area contributed by atoms with Crippen LogP contribution in [-0.2, 0) is 6.54 Å². The molecule has 0 unspecified atom stereocenters. The number of hydrogen-bond donors (Lipinski definition) is 2. The van der Waals surface area contributed by atoms with E-state index >= 15 is 0 Å². The number of fused-ring (bicyclic) bond motifs is 1. The van der Waals surface area contributed by atoms with Crippen molar-refractivity contribution in [3.63, 3.8) is 0 Å². The molecule has 3 N–H and O–H groups in total. The van der Waals surface area contributed by atoms with E-state index in [2.05, 4.69) is 27.1 Å². The smallest absolute Gasteiger partial charge is 0.0630 e. The molecule has 0 aliphatic carbocycles. The van der Waals surface area contributed by atoms with Gasteiger partial charge in [0.15, 0.2) is 0 Å². The van der Waals surface area contributed by atoms with Crippen LogP contribution in [0.5, 0.6) is 0 Å². The molecule has 0 saturated carbocycles. The summed E-state index contributed by atoms with van der Waals surface area (Å²) in [5.74, 6) is 0. The minimum atomic E-state index is 0.783. The molecular weight excluding hydrogens is 242 g/mol. The summed E-state index contributed by atoms with van der Waals surface area (Å²) in [5, 5.41) is 9.69. The second-order valence-electron chi connectivity index (χ2n) is 4.11. The van der Waals surface area contributed by atoms with Crippen molar-refractivity contribution >= 4 is 33.5 Å². The predicted molar refractivity (Wildman–Crippen MR) is 77.8 cm³/mol. The van der Waals surface area contributed by atoms with Crippen LogP contribution in [0.15, 0.2) is 47.4 Å². The Morgan fingerprint density at radius 2 is 2.17 bits per heavy atom. The van der Waals surface area contributed by atoms with Gasteiger partial charge in [-0.2, -0.15) is 11.3 Å². The molecule has 4 heteroatoms.